The number of hydrogen-bond donors (Lipinski definition) is 1. The summed E-state index contributed by atoms with van der Waals surface area (Å²) in [5.74, 6) is -0.0661. The van der Waals surface area contributed by atoms with Gasteiger partial charge in [-0.1, -0.05) is 0 Å². The highest BCUT2D eigenvalue weighted by molar-refractivity contribution is 5.00. The molecule has 0 bridgehead atoms. The van der Waals surface area contributed by atoms with Crippen LogP contribution in [0.5, 0.6) is 0 Å². The number of rotatable bonds is 3. The zero-order valence-electron chi connectivity index (χ0n) is 10.2. The predicted molar refractivity (Wildman–Crippen MR) is 56.8 cm³/mol. The Labute approximate surface area is 91.5 Å². The average Bonchev–Trinajstić information content (AvgIpc) is 2.18. The predicted octanol–water partition coefficient (Wildman–Crippen LogP) is 0.822. The number of ether oxygens (including phenoxy) is 3. The van der Waals surface area contributed by atoms with E-state index in [4.69, 9.17) is 14.2 Å². The van der Waals surface area contributed by atoms with E-state index in [1.165, 1.54) is 0 Å². The lowest BCUT2D eigenvalue weighted by Crippen LogP contribution is -2.63. The lowest BCUT2D eigenvalue weighted by atomic mass is 9.77. The molecule has 4 heteroatoms. The highest BCUT2D eigenvalue weighted by Crippen LogP contribution is 2.38. The third-order valence-electron chi connectivity index (χ3n) is 3.61. The molecule has 0 aliphatic carbocycles. The molecule has 5 atom stereocenters. The largest absolute Gasteiger partial charge is 0.396 e. The van der Waals surface area contributed by atoms with Gasteiger partial charge >= 0.3 is 0 Å². The van der Waals surface area contributed by atoms with Crippen molar-refractivity contribution in [2.24, 2.45) is 5.92 Å². The molecule has 5 unspecified atom stereocenters. The fourth-order valence-corrected chi connectivity index (χ4v) is 2.67. The molecule has 1 rings (SSSR count). The van der Waals surface area contributed by atoms with Gasteiger partial charge in [0, 0.05) is 20.1 Å². The Morgan fingerprint density at radius 1 is 1.27 bits per heavy atom. The maximum Gasteiger partial charge on any atom is 0.112 e. The highest BCUT2D eigenvalue weighted by Gasteiger charge is 2.51. The van der Waals surface area contributed by atoms with Gasteiger partial charge in [-0.2, -0.15) is 0 Å². The van der Waals surface area contributed by atoms with Crippen molar-refractivity contribution in [2.75, 3.05) is 20.8 Å². The first kappa shape index (κ1) is 12.9. The smallest absolute Gasteiger partial charge is 0.112 e. The van der Waals surface area contributed by atoms with Crippen molar-refractivity contribution in [2.45, 2.75) is 44.7 Å². The molecule has 1 fully saturated rings. The molecular weight excluding hydrogens is 196 g/mol. The molecule has 1 aliphatic heterocycles. The lowest BCUT2D eigenvalue weighted by molar-refractivity contribution is -0.257. The minimum atomic E-state index is -0.499. The normalized spacial score (nSPS) is 46.8. The second-order valence-corrected chi connectivity index (χ2v) is 4.38. The molecule has 0 aromatic carbocycles. The van der Waals surface area contributed by atoms with Crippen molar-refractivity contribution < 1.29 is 19.3 Å². The fourth-order valence-electron chi connectivity index (χ4n) is 2.67. The van der Waals surface area contributed by atoms with Crippen molar-refractivity contribution in [1.29, 1.82) is 0 Å². The van der Waals surface area contributed by atoms with E-state index in [-0.39, 0.29) is 30.8 Å². The van der Waals surface area contributed by atoms with Gasteiger partial charge in [0.2, 0.25) is 0 Å². The summed E-state index contributed by atoms with van der Waals surface area (Å²) in [6.07, 6.45) is -0.213. The van der Waals surface area contributed by atoms with Crippen LogP contribution in [0.4, 0.5) is 0 Å². The minimum absolute atomic E-state index is 0.0265. The summed E-state index contributed by atoms with van der Waals surface area (Å²) < 4.78 is 16.7. The molecule has 0 saturated carbocycles. The molecule has 0 aromatic heterocycles. The summed E-state index contributed by atoms with van der Waals surface area (Å²) in [5, 5.41) is 9.41. The van der Waals surface area contributed by atoms with Crippen LogP contribution in [0.2, 0.25) is 0 Å². The first-order valence-electron chi connectivity index (χ1n) is 5.35. The Kier molecular flexibility index (Phi) is 4.12. The van der Waals surface area contributed by atoms with Gasteiger partial charge in [0.15, 0.2) is 0 Å². The monoisotopic (exact) mass is 218 g/mol. The minimum Gasteiger partial charge on any atom is -0.396 e. The number of aliphatic hydroxyl groups excluding tert-OH is 1. The first-order chi connectivity index (χ1) is 7.01. The summed E-state index contributed by atoms with van der Waals surface area (Å²) in [6, 6.07) is 0. The Morgan fingerprint density at radius 3 is 2.27 bits per heavy atom. The third kappa shape index (κ3) is 2.04. The van der Waals surface area contributed by atoms with E-state index in [0.29, 0.717) is 0 Å². The highest BCUT2D eigenvalue weighted by atomic mass is 16.6. The van der Waals surface area contributed by atoms with Gasteiger partial charge in [-0.3, -0.25) is 0 Å². The molecule has 15 heavy (non-hydrogen) atoms. The topological polar surface area (TPSA) is 47.9 Å². The van der Waals surface area contributed by atoms with E-state index >= 15 is 0 Å². The summed E-state index contributed by atoms with van der Waals surface area (Å²) in [6.45, 7) is 5.94. The van der Waals surface area contributed by atoms with E-state index < -0.39 is 5.60 Å². The number of hydrogen-bond acceptors (Lipinski definition) is 4. The Balaban J connectivity index is 2.98. The average molecular weight is 218 g/mol. The van der Waals surface area contributed by atoms with Crippen molar-refractivity contribution >= 4 is 0 Å². The number of methoxy groups -OCH3 is 2. The molecule has 1 saturated heterocycles. The molecule has 1 heterocycles. The van der Waals surface area contributed by atoms with E-state index in [1.807, 2.05) is 20.8 Å². The van der Waals surface area contributed by atoms with Crippen molar-refractivity contribution in [1.82, 2.24) is 0 Å². The third-order valence-corrected chi connectivity index (χ3v) is 3.61. The van der Waals surface area contributed by atoms with Crippen LogP contribution in [-0.4, -0.2) is 49.8 Å². The maximum absolute atomic E-state index is 9.41. The summed E-state index contributed by atoms with van der Waals surface area (Å²) in [5.41, 5.74) is -0.499. The van der Waals surface area contributed by atoms with Crippen molar-refractivity contribution in [3.05, 3.63) is 0 Å². The van der Waals surface area contributed by atoms with Crippen molar-refractivity contribution in [3.63, 3.8) is 0 Å². The van der Waals surface area contributed by atoms with Crippen LogP contribution in [0.15, 0.2) is 0 Å². The van der Waals surface area contributed by atoms with Crippen LogP contribution in [0.25, 0.3) is 0 Å². The lowest BCUT2D eigenvalue weighted by Gasteiger charge is -2.50. The van der Waals surface area contributed by atoms with Gasteiger partial charge in [0.1, 0.15) is 11.7 Å². The van der Waals surface area contributed by atoms with Gasteiger partial charge in [-0.05, 0) is 20.8 Å². The van der Waals surface area contributed by atoms with Crippen LogP contribution in [0, 0.1) is 5.92 Å². The van der Waals surface area contributed by atoms with E-state index in [0.717, 1.165) is 0 Å². The fraction of sp³-hybridized carbons (Fsp3) is 1.00. The van der Waals surface area contributed by atoms with Gasteiger partial charge < -0.3 is 19.3 Å². The molecular formula is C11H22O4. The molecule has 0 spiro atoms. The van der Waals surface area contributed by atoms with Gasteiger partial charge in [0.25, 0.3) is 0 Å². The molecule has 1 N–H and O–H groups in total. The van der Waals surface area contributed by atoms with Crippen LogP contribution in [0.1, 0.15) is 20.8 Å². The second-order valence-electron chi connectivity index (χ2n) is 4.38. The van der Waals surface area contributed by atoms with Crippen LogP contribution >= 0.6 is 0 Å². The van der Waals surface area contributed by atoms with Gasteiger partial charge in [-0.15, -0.1) is 0 Å². The quantitative estimate of drug-likeness (QED) is 0.762. The molecule has 4 nitrogen and oxygen atoms in total. The molecule has 0 amide bonds. The van der Waals surface area contributed by atoms with E-state index in [9.17, 15) is 5.11 Å². The van der Waals surface area contributed by atoms with Crippen LogP contribution in [-0.2, 0) is 14.2 Å². The van der Waals surface area contributed by atoms with Crippen molar-refractivity contribution in [3.8, 4) is 0 Å². The maximum atomic E-state index is 9.41. The Hall–Kier alpha value is -0.160. The van der Waals surface area contributed by atoms with E-state index in [1.54, 1.807) is 14.2 Å². The van der Waals surface area contributed by atoms with Gasteiger partial charge in [0.05, 0.1) is 18.8 Å². The first-order valence-corrected chi connectivity index (χ1v) is 5.35. The summed E-state index contributed by atoms with van der Waals surface area (Å²) >= 11 is 0. The molecule has 90 valence electrons. The zero-order valence-corrected chi connectivity index (χ0v) is 10.2. The Morgan fingerprint density at radius 2 is 1.87 bits per heavy atom. The number of aliphatic hydroxyl groups is 1. The van der Waals surface area contributed by atoms with E-state index in [2.05, 4.69) is 0 Å². The summed E-state index contributed by atoms with van der Waals surface area (Å²) in [4.78, 5) is 0. The standard InChI is InChI=1S/C11H22O4/c1-7-9(6-12)11(3,14-5)10(13-4)8(2)15-7/h7-10,12H,6H2,1-5H3. The molecule has 0 aromatic rings. The second kappa shape index (κ2) is 4.78. The SMILES string of the molecule is COC1C(C)OC(C)C(CO)C1(C)OC. The zero-order chi connectivity index (χ0) is 11.6. The van der Waals surface area contributed by atoms with Gasteiger partial charge in [-0.25, -0.2) is 0 Å². The molecule has 0 radical (unpaired) electrons. The molecule has 1 aliphatic rings. The Bertz CT molecular complexity index is 191. The van der Waals surface area contributed by atoms with Crippen LogP contribution in [0.3, 0.4) is 0 Å². The summed E-state index contributed by atoms with van der Waals surface area (Å²) in [7, 11) is 3.30. The van der Waals surface area contributed by atoms with Crippen LogP contribution < -0.4 is 0 Å².